The fourth-order valence-electron chi connectivity index (χ4n) is 4.04. The van der Waals surface area contributed by atoms with Crippen LogP contribution in [0.2, 0.25) is 0 Å². The van der Waals surface area contributed by atoms with Crippen molar-refractivity contribution in [2.45, 2.75) is 19.4 Å². The highest BCUT2D eigenvalue weighted by Gasteiger charge is 2.26. The molecule has 0 radical (unpaired) electrons. The number of hydrogen-bond acceptors (Lipinski definition) is 6. The van der Waals surface area contributed by atoms with E-state index in [4.69, 9.17) is 9.47 Å². The van der Waals surface area contributed by atoms with Crippen molar-refractivity contribution in [1.82, 2.24) is 4.98 Å². The molecule has 0 amide bonds. The van der Waals surface area contributed by atoms with Gasteiger partial charge in [0, 0.05) is 42.6 Å². The summed E-state index contributed by atoms with van der Waals surface area (Å²) in [6.07, 6.45) is 1.84. The number of nitrogens with one attached hydrogen (secondary N) is 2. The number of rotatable bonds is 6. The maximum atomic E-state index is 12.4. The number of esters is 1. The zero-order valence-electron chi connectivity index (χ0n) is 17.8. The molecule has 162 valence electrons. The Balaban J connectivity index is 1.42. The molecule has 2 N–H and O–H groups in total. The molecular weight excluding hydrogens is 394 g/mol. The van der Waals surface area contributed by atoms with Crippen LogP contribution in [0.5, 0.6) is 5.75 Å². The molecule has 4 rings (SSSR count). The molecule has 0 bridgehead atoms. The van der Waals surface area contributed by atoms with Gasteiger partial charge in [-0.15, -0.1) is 0 Å². The largest absolute Gasteiger partial charge is 0.497 e. The van der Waals surface area contributed by atoms with Crippen LogP contribution in [0.4, 0.5) is 11.4 Å². The fourth-order valence-corrected chi connectivity index (χ4v) is 4.04. The predicted octanol–water partition coefficient (Wildman–Crippen LogP) is 3.54. The Hall–Kier alpha value is -3.48. The Morgan fingerprint density at radius 3 is 2.71 bits per heavy atom. The summed E-state index contributed by atoms with van der Waals surface area (Å²) in [5, 5.41) is 4.27. The molecule has 7 heteroatoms. The molecule has 7 nitrogen and oxygen atoms in total. The first-order valence-corrected chi connectivity index (χ1v) is 10.4. The van der Waals surface area contributed by atoms with Crippen LogP contribution in [0, 0.1) is 5.92 Å². The monoisotopic (exact) mass is 421 g/mol. The molecular formula is C24H27N3O4. The zero-order chi connectivity index (χ0) is 21.8. The first-order chi connectivity index (χ1) is 15.1. The number of benzene rings is 2. The predicted molar refractivity (Wildman–Crippen MR) is 122 cm³/mol. The number of anilines is 2. The first-order valence-electron chi connectivity index (χ1n) is 10.4. The minimum Gasteiger partial charge on any atom is -0.497 e. The van der Waals surface area contributed by atoms with Crippen molar-refractivity contribution in [2.24, 2.45) is 5.92 Å². The maximum Gasteiger partial charge on any atom is 0.310 e. The van der Waals surface area contributed by atoms with Crippen LogP contribution >= 0.6 is 0 Å². The van der Waals surface area contributed by atoms with E-state index in [1.165, 1.54) is 7.11 Å². The normalized spacial score (nSPS) is 16.2. The molecule has 2 heterocycles. The quantitative estimate of drug-likeness (QED) is 0.593. The molecule has 2 aromatic carbocycles. The third-order valence-corrected chi connectivity index (χ3v) is 5.80. The van der Waals surface area contributed by atoms with Crippen molar-refractivity contribution >= 4 is 28.2 Å². The Labute approximate surface area is 181 Å². The number of aromatic nitrogens is 1. The molecule has 1 fully saturated rings. The van der Waals surface area contributed by atoms with Gasteiger partial charge >= 0.3 is 5.97 Å². The molecule has 31 heavy (non-hydrogen) atoms. The lowest BCUT2D eigenvalue weighted by Crippen LogP contribution is -2.39. The van der Waals surface area contributed by atoms with Gasteiger partial charge in [0.1, 0.15) is 5.75 Å². The Morgan fingerprint density at radius 1 is 1.16 bits per heavy atom. The third kappa shape index (κ3) is 4.66. The van der Waals surface area contributed by atoms with Crippen LogP contribution in [-0.2, 0) is 16.1 Å². The molecule has 0 spiro atoms. The number of pyridine rings is 1. The number of carbonyl (C=O) groups is 1. The molecule has 1 aliphatic heterocycles. The van der Waals surface area contributed by atoms with Crippen molar-refractivity contribution in [2.75, 3.05) is 37.5 Å². The van der Waals surface area contributed by atoms with E-state index in [0.29, 0.717) is 24.4 Å². The average Bonchev–Trinajstić information content (AvgIpc) is 2.82. The maximum absolute atomic E-state index is 12.4. The van der Waals surface area contributed by atoms with Gasteiger partial charge in [0.15, 0.2) is 0 Å². The van der Waals surface area contributed by atoms with Gasteiger partial charge in [-0.1, -0.05) is 0 Å². The average molecular weight is 421 g/mol. The molecule has 1 saturated heterocycles. The number of H-pyrrole nitrogens is 1. The number of methoxy groups -OCH3 is 2. The van der Waals surface area contributed by atoms with Gasteiger partial charge in [-0.2, -0.15) is 0 Å². The van der Waals surface area contributed by atoms with Crippen LogP contribution in [0.15, 0.2) is 53.3 Å². The molecule has 1 atom stereocenters. The molecule has 1 unspecified atom stereocenters. The van der Waals surface area contributed by atoms with Crippen LogP contribution in [0.25, 0.3) is 10.9 Å². The van der Waals surface area contributed by atoms with Crippen molar-refractivity contribution in [3.63, 3.8) is 0 Å². The minimum absolute atomic E-state index is 0.0730. The highest BCUT2D eigenvalue weighted by Crippen LogP contribution is 2.25. The van der Waals surface area contributed by atoms with Crippen LogP contribution < -0.4 is 20.5 Å². The number of nitrogens with zero attached hydrogens (tertiary/aromatic N) is 1. The van der Waals surface area contributed by atoms with Gasteiger partial charge in [-0.05, 0) is 60.7 Å². The number of ether oxygens (including phenoxy) is 2. The lowest BCUT2D eigenvalue weighted by Gasteiger charge is -2.33. The van der Waals surface area contributed by atoms with Crippen LogP contribution in [0.3, 0.4) is 0 Å². The smallest absolute Gasteiger partial charge is 0.310 e. The standard InChI is InChI=1S/C24H27N3O4/c1-30-21-10-5-16-12-18(23(28)26-22(16)13-21)14-25-19-6-8-20(9-7-19)27-11-3-4-17(15-27)24(29)31-2/h5-10,12-13,17,25H,3-4,11,14-15H2,1-2H3,(H,26,28). The summed E-state index contributed by atoms with van der Waals surface area (Å²) < 4.78 is 10.1. The summed E-state index contributed by atoms with van der Waals surface area (Å²) >= 11 is 0. The van der Waals surface area contributed by atoms with E-state index in [1.807, 2.05) is 48.5 Å². The molecule has 1 aromatic heterocycles. The second kappa shape index (κ2) is 9.12. The van der Waals surface area contributed by atoms with E-state index >= 15 is 0 Å². The summed E-state index contributed by atoms with van der Waals surface area (Å²) in [6.45, 7) is 2.03. The third-order valence-electron chi connectivity index (χ3n) is 5.80. The number of carbonyl (C=O) groups excluding carboxylic acids is 1. The van der Waals surface area contributed by atoms with Crippen molar-refractivity contribution in [1.29, 1.82) is 0 Å². The summed E-state index contributed by atoms with van der Waals surface area (Å²) in [5.41, 5.74) is 3.31. The van der Waals surface area contributed by atoms with Gasteiger partial charge in [-0.25, -0.2) is 0 Å². The van der Waals surface area contributed by atoms with E-state index in [1.54, 1.807) is 7.11 Å². The highest BCUT2D eigenvalue weighted by atomic mass is 16.5. The molecule has 3 aromatic rings. The Bertz CT molecular complexity index is 1120. The van der Waals surface area contributed by atoms with E-state index in [2.05, 4.69) is 15.2 Å². The molecule has 0 aliphatic carbocycles. The number of hydrogen-bond donors (Lipinski definition) is 2. The lowest BCUT2D eigenvalue weighted by atomic mass is 9.97. The Morgan fingerprint density at radius 2 is 1.97 bits per heavy atom. The van der Waals surface area contributed by atoms with Crippen LogP contribution in [0.1, 0.15) is 18.4 Å². The van der Waals surface area contributed by atoms with E-state index in [0.717, 1.165) is 41.7 Å². The SMILES string of the molecule is COC(=O)C1CCCN(c2ccc(NCc3cc4ccc(OC)cc4[nH]c3=O)cc2)C1. The van der Waals surface area contributed by atoms with Crippen LogP contribution in [-0.4, -0.2) is 38.3 Å². The van der Waals surface area contributed by atoms with Crippen molar-refractivity contribution < 1.29 is 14.3 Å². The summed E-state index contributed by atoms with van der Waals surface area (Å²) in [7, 11) is 3.05. The van der Waals surface area contributed by atoms with Gasteiger partial charge in [0.25, 0.3) is 5.56 Å². The molecule has 1 aliphatic rings. The van der Waals surface area contributed by atoms with Crippen molar-refractivity contribution in [3.8, 4) is 5.75 Å². The zero-order valence-corrected chi connectivity index (χ0v) is 17.8. The topological polar surface area (TPSA) is 83.7 Å². The van der Waals surface area contributed by atoms with Gasteiger partial charge in [0.2, 0.25) is 0 Å². The van der Waals surface area contributed by atoms with E-state index < -0.39 is 0 Å². The van der Waals surface area contributed by atoms with E-state index in [-0.39, 0.29) is 17.4 Å². The fraction of sp³-hybridized carbons (Fsp3) is 0.333. The minimum atomic E-state index is -0.137. The summed E-state index contributed by atoms with van der Waals surface area (Å²) in [6, 6.07) is 15.6. The first kappa shape index (κ1) is 20.8. The summed E-state index contributed by atoms with van der Waals surface area (Å²) in [5.74, 6) is 0.499. The summed E-state index contributed by atoms with van der Waals surface area (Å²) in [4.78, 5) is 29.4. The van der Waals surface area contributed by atoms with E-state index in [9.17, 15) is 9.59 Å². The lowest BCUT2D eigenvalue weighted by molar-refractivity contribution is -0.145. The Kier molecular flexibility index (Phi) is 6.11. The van der Waals surface area contributed by atoms with Gasteiger partial charge < -0.3 is 24.7 Å². The second-order valence-electron chi connectivity index (χ2n) is 7.79. The van der Waals surface area contributed by atoms with Gasteiger partial charge in [0.05, 0.1) is 25.7 Å². The highest BCUT2D eigenvalue weighted by molar-refractivity contribution is 5.80. The van der Waals surface area contributed by atoms with Gasteiger partial charge in [-0.3, -0.25) is 9.59 Å². The van der Waals surface area contributed by atoms with Crippen molar-refractivity contribution in [3.05, 3.63) is 64.4 Å². The number of aromatic amines is 1. The number of piperidine rings is 1. The number of fused-ring (bicyclic) bond motifs is 1. The molecule has 0 saturated carbocycles. The second-order valence-corrected chi connectivity index (χ2v) is 7.79.